The number of benzene rings is 1. The number of halogens is 3. The monoisotopic (exact) mass is 289 g/mol. The van der Waals surface area contributed by atoms with Crippen molar-refractivity contribution in [2.24, 2.45) is 0 Å². The van der Waals surface area contributed by atoms with Crippen LogP contribution < -0.4 is 5.32 Å². The second-order valence-electron chi connectivity index (χ2n) is 4.22. The summed E-state index contributed by atoms with van der Waals surface area (Å²) in [5.41, 5.74) is 1.28. The number of nitrogens with one attached hydrogen (secondary N) is 1. The van der Waals surface area contributed by atoms with Crippen molar-refractivity contribution in [2.75, 3.05) is 0 Å². The third kappa shape index (κ3) is 4.56. The van der Waals surface area contributed by atoms with E-state index in [2.05, 4.69) is 0 Å². The van der Waals surface area contributed by atoms with Gasteiger partial charge in [0.15, 0.2) is 0 Å². The predicted octanol–water partition coefficient (Wildman–Crippen LogP) is 2.44. The van der Waals surface area contributed by atoms with Gasteiger partial charge in [0.2, 0.25) is 0 Å². The van der Waals surface area contributed by atoms with Crippen LogP contribution in [0, 0.1) is 0 Å². The first kappa shape index (κ1) is 16.0. The fraction of sp³-hybridized carbons (Fsp3) is 0.385. The van der Waals surface area contributed by atoms with E-state index >= 15 is 0 Å². The van der Waals surface area contributed by atoms with Crippen molar-refractivity contribution in [3.63, 3.8) is 0 Å². The molecule has 0 radical (unpaired) electrons. The minimum Gasteiger partial charge on any atom is -0.481 e. The summed E-state index contributed by atoms with van der Waals surface area (Å²) in [7, 11) is 0. The van der Waals surface area contributed by atoms with Gasteiger partial charge in [-0.15, -0.1) is 0 Å². The topological polar surface area (TPSA) is 66.4 Å². The van der Waals surface area contributed by atoms with Crippen molar-refractivity contribution < 1.29 is 27.9 Å². The molecule has 0 saturated carbocycles. The Hall–Kier alpha value is -2.05. The van der Waals surface area contributed by atoms with Crippen LogP contribution in [0.15, 0.2) is 24.3 Å². The van der Waals surface area contributed by atoms with Gasteiger partial charge in [-0.3, -0.25) is 9.59 Å². The molecule has 0 bridgehead atoms. The zero-order valence-electron chi connectivity index (χ0n) is 10.7. The van der Waals surface area contributed by atoms with Crippen LogP contribution in [-0.4, -0.2) is 23.2 Å². The summed E-state index contributed by atoms with van der Waals surface area (Å²) in [5, 5.41) is 10.4. The van der Waals surface area contributed by atoms with E-state index in [9.17, 15) is 22.8 Å². The molecule has 0 spiro atoms. The molecule has 0 heterocycles. The van der Waals surface area contributed by atoms with Gasteiger partial charge in [0, 0.05) is 0 Å². The van der Waals surface area contributed by atoms with Crippen LogP contribution >= 0.6 is 0 Å². The normalized spacial score (nSPS) is 12.8. The first-order chi connectivity index (χ1) is 9.24. The van der Waals surface area contributed by atoms with Crippen LogP contribution in [0.2, 0.25) is 0 Å². The molecule has 0 aliphatic carbocycles. The zero-order valence-corrected chi connectivity index (χ0v) is 10.7. The number of aliphatic carboxylic acids is 1. The molecular formula is C13H14F3NO3. The zero-order chi connectivity index (χ0) is 15.3. The largest absolute Gasteiger partial charge is 0.481 e. The molecule has 0 saturated heterocycles. The molecule has 1 atom stereocenters. The highest BCUT2D eigenvalue weighted by Gasteiger charge is 2.40. The number of hydrogen-bond donors (Lipinski definition) is 2. The smallest absolute Gasteiger partial charge is 0.471 e. The van der Waals surface area contributed by atoms with Crippen LogP contribution in [0.3, 0.4) is 0 Å². The first-order valence-electron chi connectivity index (χ1n) is 5.92. The van der Waals surface area contributed by atoms with Crippen molar-refractivity contribution in [1.82, 2.24) is 5.32 Å². The number of alkyl halides is 3. The Balaban J connectivity index is 2.93. The quantitative estimate of drug-likeness (QED) is 0.875. The molecule has 110 valence electrons. The molecule has 0 unspecified atom stereocenters. The van der Waals surface area contributed by atoms with Gasteiger partial charge in [-0.25, -0.2) is 0 Å². The molecule has 0 fully saturated rings. The van der Waals surface area contributed by atoms with E-state index < -0.39 is 30.5 Å². The number of hydrogen-bond acceptors (Lipinski definition) is 2. The molecule has 4 nitrogen and oxygen atoms in total. The number of rotatable bonds is 5. The standard InChI is InChI=1S/C13H14F3NO3/c1-2-8-3-5-9(6-4-8)10(7-11(18)19)17-12(20)13(14,15)16/h3-6,10H,2,7H2,1H3,(H,17,20)(H,18,19)/t10-/m0/s1. The molecule has 0 aliphatic heterocycles. The maximum atomic E-state index is 12.2. The molecule has 1 amide bonds. The van der Waals surface area contributed by atoms with Crippen LogP contribution in [0.5, 0.6) is 0 Å². The molecule has 2 N–H and O–H groups in total. The summed E-state index contributed by atoms with van der Waals surface area (Å²) >= 11 is 0. The van der Waals surface area contributed by atoms with Gasteiger partial charge in [0.1, 0.15) is 0 Å². The molecule has 0 aromatic heterocycles. The lowest BCUT2D eigenvalue weighted by Gasteiger charge is -2.18. The van der Waals surface area contributed by atoms with Crippen LogP contribution in [0.4, 0.5) is 13.2 Å². The molecule has 1 aromatic carbocycles. The van der Waals surface area contributed by atoms with Crippen LogP contribution in [0.25, 0.3) is 0 Å². The molecule has 1 rings (SSSR count). The lowest BCUT2D eigenvalue weighted by Crippen LogP contribution is -2.39. The Morgan fingerprint density at radius 3 is 2.20 bits per heavy atom. The van der Waals surface area contributed by atoms with E-state index in [1.807, 2.05) is 6.92 Å². The summed E-state index contributed by atoms with van der Waals surface area (Å²) in [5.74, 6) is -3.44. The summed E-state index contributed by atoms with van der Waals surface area (Å²) in [4.78, 5) is 21.6. The second-order valence-corrected chi connectivity index (χ2v) is 4.22. The van der Waals surface area contributed by atoms with E-state index in [0.717, 1.165) is 12.0 Å². The Kier molecular flexibility index (Phi) is 5.12. The van der Waals surface area contributed by atoms with Crippen molar-refractivity contribution in [3.05, 3.63) is 35.4 Å². The highest BCUT2D eigenvalue weighted by atomic mass is 19.4. The predicted molar refractivity (Wildman–Crippen MR) is 65.0 cm³/mol. The third-order valence-corrected chi connectivity index (χ3v) is 2.73. The molecular weight excluding hydrogens is 275 g/mol. The van der Waals surface area contributed by atoms with Crippen molar-refractivity contribution in [1.29, 1.82) is 0 Å². The maximum Gasteiger partial charge on any atom is 0.471 e. The van der Waals surface area contributed by atoms with Gasteiger partial charge in [-0.2, -0.15) is 13.2 Å². The van der Waals surface area contributed by atoms with E-state index in [0.29, 0.717) is 5.56 Å². The van der Waals surface area contributed by atoms with Gasteiger partial charge in [-0.1, -0.05) is 31.2 Å². The number of carboxylic acids is 1. The SMILES string of the molecule is CCc1ccc([C@H](CC(=O)O)NC(=O)C(F)(F)F)cc1. The number of amides is 1. The molecule has 0 aliphatic rings. The minimum atomic E-state index is -5.04. The van der Waals surface area contributed by atoms with E-state index in [1.54, 1.807) is 17.4 Å². The van der Waals surface area contributed by atoms with Gasteiger partial charge < -0.3 is 10.4 Å². The molecule has 20 heavy (non-hydrogen) atoms. The summed E-state index contributed by atoms with van der Waals surface area (Å²) in [6.45, 7) is 1.91. The summed E-state index contributed by atoms with van der Waals surface area (Å²) < 4.78 is 36.7. The van der Waals surface area contributed by atoms with E-state index in [-0.39, 0.29) is 0 Å². The van der Waals surface area contributed by atoms with Crippen LogP contribution in [0.1, 0.15) is 30.5 Å². The average Bonchev–Trinajstić information content (AvgIpc) is 2.36. The highest BCUT2D eigenvalue weighted by Crippen LogP contribution is 2.21. The fourth-order valence-electron chi connectivity index (χ4n) is 1.65. The van der Waals surface area contributed by atoms with E-state index in [1.165, 1.54) is 12.1 Å². The Labute approximate surface area is 113 Å². The number of aryl methyl sites for hydroxylation is 1. The number of carboxylic acid groups (broad SMARTS) is 1. The summed E-state index contributed by atoms with van der Waals surface area (Å²) in [6.07, 6.45) is -4.91. The number of carbonyl (C=O) groups excluding carboxylic acids is 1. The van der Waals surface area contributed by atoms with Crippen molar-refractivity contribution in [3.8, 4) is 0 Å². The lowest BCUT2D eigenvalue weighted by atomic mass is 10.0. The van der Waals surface area contributed by atoms with Gasteiger partial charge in [0.25, 0.3) is 0 Å². The van der Waals surface area contributed by atoms with Crippen molar-refractivity contribution >= 4 is 11.9 Å². The average molecular weight is 289 g/mol. The van der Waals surface area contributed by atoms with E-state index in [4.69, 9.17) is 5.11 Å². The maximum absolute atomic E-state index is 12.2. The second kappa shape index (κ2) is 6.40. The van der Waals surface area contributed by atoms with Gasteiger partial charge in [0.05, 0.1) is 12.5 Å². The Morgan fingerprint density at radius 2 is 1.80 bits per heavy atom. The van der Waals surface area contributed by atoms with Gasteiger partial charge in [-0.05, 0) is 17.5 Å². The Bertz CT molecular complexity index is 483. The minimum absolute atomic E-state index is 0.321. The summed E-state index contributed by atoms with van der Waals surface area (Å²) in [6, 6.07) is 5.19. The molecule has 7 heteroatoms. The van der Waals surface area contributed by atoms with Crippen LogP contribution in [-0.2, 0) is 16.0 Å². The fourth-order valence-corrected chi connectivity index (χ4v) is 1.65. The highest BCUT2D eigenvalue weighted by molar-refractivity contribution is 5.82. The van der Waals surface area contributed by atoms with Gasteiger partial charge >= 0.3 is 18.1 Å². The molecule has 1 aromatic rings. The first-order valence-corrected chi connectivity index (χ1v) is 5.92. The third-order valence-electron chi connectivity index (χ3n) is 2.73. The Morgan fingerprint density at radius 1 is 1.25 bits per heavy atom. The number of carbonyl (C=O) groups is 2. The van der Waals surface area contributed by atoms with Crippen molar-refractivity contribution in [2.45, 2.75) is 32.0 Å². The lowest BCUT2D eigenvalue weighted by molar-refractivity contribution is -0.174.